The summed E-state index contributed by atoms with van der Waals surface area (Å²) in [6.45, 7) is 5.18. The quantitative estimate of drug-likeness (QED) is 0.190. The van der Waals surface area contributed by atoms with E-state index >= 15 is 0 Å². The third-order valence-corrected chi connectivity index (χ3v) is 10.8. The molecule has 10 heteroatoms. The van der Waals surface area contributed by atoms with Crippen LogP contribution in [0.4, 0.5) is 17.1 Å². The molecule has 42 heavy (non-hydrogen) atoms. The molecule has 3 aromatic carbocycles. The van der Waals surface area contributed by atoms with Crippen LogP contribution in [-0.4, -0.2) is 63.5 Å². The number of unbranched alkanes of at least 4 members (excludes halogenated alkanes) is 1. The van der Waals surface area contributed by atoms with Crippen LogP contribution >= 0.6 is 22.5 Å². The van der Waals surface area contributed by atoms with E-state index in [2.05, 4.69) is 30.9 Å². The monoisotopic (exact) mass is 613 g/mol. The van der Waals surface area contributed by atoms with Crippen LogP contribution in [0.5, 0.6) is 5.75 Å². The second-order valence-electron chi connectivity index (χ2n) is 11.2. The van der Waals surface area contributed by atoms with Crippen molar-refractivity contribution >= 4 is 45.6 Å². The number of hydrogen-bond acceptors (Lipinski definition) is 8. The minimum atomic E-state index is -3.50. The third kappa shape index (κ3) is 7.01. The number of rotatable bonds is 12. The first-order chi connectivity index (χ1) is 20.0. The number of carbonyl (C=O) groups is 1. The number of para-hydroxylation sites is 1. The molecule has 1 aliphatic heterocycles. The maximum absolute atomic E-state index is 12.4. The number of nitrogens with zero attached hydrogens (tertiary/aromatic N) is 3. The topological polar surface area (TPSA) is 96.7 Å². The molecule has 8 nitrogen and oxygen atoms in total. The maximum atomic E-state index is 12.4. The van der Waals surface area contributed by atoms with Crippen molar-refractivity contribution in [2.24, 2.45) is 0 Å². The molecule has 0 aliphatic carbocycles. The van der Waals surface area contributed by atoms with Crippen molar-refractivity contribution in [2.75, 3.05) is 43.3 Å². The fraction of sp³-hybridized carbons (Fsp3) is 0.406. The summed E-state index contributed by atoms with van der Waals surface area (Å²) in [4.78, 5) is 15.9. The number of methoxy groups -OCH3 is 1. The Morgan fingerprint density at radius 3 is 2.38 bits per heavy atom. The number of ether oxygens (including phenoxy) is 1. The van der Waals surface area contributed by atoms with Gasteiger partial charge in [0, 0.05) is 44.3 Å². The summed E-state index contributed by atoms with van der Waals surface area (Å²) in [6.07, 6.45) is 2.69. The molecule has 0 bridgehead atoms. The molecule has 1 atom stereocenters. The lowest BCUT2D eigenvalue weighted by molar-refractivity contribution is -0.133. The van der Waals surface area contributed by atoms with E-state index in [0.29, 0.717) is 23.7 Å². The van der Waals surface area contributed by atoms with Crippen LogP contribution in [0.2, 0.25) is 0 Å². The van der Waals surface area contributed by atoms with E-state index in [1.54, 1.807) is 7.11 Å². The predicted octanol–water partition coefficient (Wildman–Crippen LogP) is 7.71. The number of carboxylic acids is 1. The van der Waals surface area contributed by atoms with Gasteiger partial charge >= 0.3 is 5.97 Å². The van der Waals surface area contributed by atoms with Crippen molar-refractivity contribution in [3.05, 3.63) is 77.9 Å². The molecule has 1 unspecified atom stereocenters. The molecule has 0 amide bonds. The molecule has 0 spiro atoms. The Bertz CT molecular complexity index is 1350. The normalized spacial score (nSPS) is 19.1. The van der Waals surface area contributed by atoms with Crippen LogP contribution in [0.3, 0.4) is 0 Å². The van der Waals surface area contributed by atoms with E-state index in [-0.39, 0.29) is 5.75 Å². The molecule has 3 N–H and O–H groups in total. The largest absolute Gasteiger partial charge is 0.497 e. The van der Waals surface area contributed by atoms with Crippen molar-refractivity contribution in [2.45, 2.75) is 55.8 Å². The van der Waals surface area contributed by atoms with E-state index in [1.165, 1.54) is 11.8 Å². The number of fused-ring (bicyclic) bond motifs is 1. The Hall–Kier alpha value is -2.89. The summed E-state index contributed by atoms with van der Waals surface area (Å²) in [6, 6.07) is 21.7. The fourth-order valence-corrected chi connectivity index (χ4v) is 8.33. The Morgan fingerprint density at radius 1 is 1.10 bits per heavy atom. The predicted molar refractivity (Wildman–Crippen MR) is 176 cm³/mol. The number of carboxylic acid groups (broad SMARTS) is 1. The van der Waals surface area contributed by atoms with Crippen LogP contribution in [0.25, 0.3) is 0 Å². The van der Waals surface area contributed by atoms with Crippen LogP contribution in [0, 0.1) is 0 Å². The third-order valence-electron chi connectivity index (χ3n) is 7.74. The summed E-state index contributed by atoms with van der Waals surface area (Å²) < 4.78 is 32.1. The zero-order chi connectivity index (χ0) is 30.5. The SMILES string of the molecule is CCCCC1(C)CN(c2ccccc2)c2cc(N(C)C)c(CSCC(=O)O)cc2S(O)(O)N1Cc1ccc(OC)cc1. The van der Waals surface area contributed by atoms with Gasteiger partial charge in [-0.1, -0.05) is 50.1 Å². The molecule has 0 fully saturated rings. The van der Waals surface area contributed by atoms with E-state index in [1.807, 2.05) is 77.9 Å². The highest BCUT2D eigenvalue weighted by molar-refractivity contribution is 8.22. The average Bonchev–Trinajstić information content (AvgIpc) is 3.04. The highest BCUT2D eigenvalue weighted by atomic mass is 32.3. The van der Waals surface area contributed by atoms with E-state index in [4.69, 9.17) is 4.74 Å². The van der Waals surface area contributed by atoms with E-state index < -0.39 is 22.3 Å². The first kappa shape index (κ1) is 32.0. The molecule has 0 radical (unpaired) electrons. The highest BCUT2D eigenvalue weighted by Crippen LogP contribution is 2.63. The van der Waals surface area contributed by atoms with Crippen LogP contribution in [0.15, 0.2) is 71.6 Å². The second-order valence-corrected chi connectivity index (χ2v) is 14.1. The first-order valence-corrected chi connectivity index (χ1v) is 16.8. The van der Waals surface area contributed by atoms with Gasteiger partial charge in [-0.05, 0) is 60.9 Å². The molecule has 1 heterocycles. The maximum Gasteiger partial charge on any atom is 0.313 e. The molecule has 0 saturated carbocycles. The van der Waals surface area contributed by atoms with Crippen LogP contribution in [0.1, 0.15) is 44.2 Å². The molecule has 4 rings (SSSR count). The first-order valence-electron chi connectivity index (χ1n) is 14.2. The zero-order valence-electron chi connectivity index (χ0n) is 25.1. The Morgan fingerprint density at radius 2 is 1.79 bits per heavy atom. The molecular formula is C32H43N3O5S2. The van der Waals surface area contributed by atoms with Crippen molar-refractivity contribution < 1.29 is 23.7 Å². The summed E-state index contributed by atoms with van der Waals surface area (Å²) in [5.41, 5.74) is 3.86. The van der Waals surface area contributed by atoms with Gasteiger partial charge in [0.2, 0.25) is 0 Å². The van der Waals surface area contributed by atoms with Crippen molar-refractivity contribution in [3.63, 3.8) is 0 Å². The molecule has 3 aromatic rings. The molecular weight excluding hydrogens is 571 g/mol. The van der Waals surface area contributed by atoms with Gasteiger partial charge in [0.15, 0.2) is 0 Å². The number of hydrogen-bond donors (Lipinski definition) is 3. The van der Waals surface area contributed by atoms with Crippen LogP contribution in [-0.2, 0) is 17.1 Å². The highest BCUT2D eigenvalue weighted by Gasteiger charge is 2.46. The van der Waals surface area contributed by atoms with Gasteiger partial charge in [-0.2, -0.15) is 4.31 Å². The molecule has 1 aliphatic rings. The lowest BCUT2D eigenvalue weighted by Crippen LogP contribution is -2.51. The van der Waals surface area contributed by atoms with Gasteiger partial charge in [0.25, 0.3) is 0 Å². The summed E-state index contributed by atoms with van der Waals surface area (Å²) in [7, 11) is 2.04. The van der Waals surface area contributed by atoms with Gasteiger partial charge in [-0.15, -0.1) is 22.5 Å². The number of benzene rings is 3. The second kappa shape index (κ2) is 13.6. The summed E-state index contributed by atoms with van der Waals surface area (Å²) >= 11 is 1.30. The minimum absolute atomic E-state index is 0.0327. The Kier molecular flexibility index (Phi) is 10.4. The zero-order valence-corrected chi connectivity index (χ0v) is 26.7. The molecule has 0 saturated heterocycles. The van der Waals surface area contributed by atoms with Gasteiger partial charge in [-0.3, -0.25) is 13.9 Å². The smallest absolute Gasteiger partial charge is 0.313 e. The standard InChI is InChI=1S/C32H43N3O5S2/c1-6-7-17-32(2)23-34(26-11-9-8-10-12-26)29-19-28(33(3)4)25(21-41-22-31(36)37)18-30(29)42(38,39)35(32)20-24-13-15-27(40-5)16-14-24/h8-16,18-19,38-39H,6-7,17,20-23H2,1-5H3,(H,36,37). The van der Waals surface area contributed by atoms with Gasteiger partial charge in [0.05, 0.1) is 29.0 Å². The summed E-state index contributed by atoms with van der Waals surface area (Å²) in [5.74, 6) is 0.266. The van der Waals surface area contributed by atoms with Gasteiger partial charge < -0.3 is 19.6 Å². The lowest BCUT2D eigenvalue weighted by Gasteiger charge is -2.51. The van der Waals surface area contributed by atoms with Crippen molar-refractivity contribution in [3.8, 4) is 5.75 Å². The number of anilines is 3. The average molecular weight is 614 g/mol. The van der Waals surface area contributed by atoms with Gasteiger partial charge in [0.1, 0.15) is 5.75 Å². The number of aliphatic carboxylic acids is 1. The van der Waals surface area contributed by atoms with E-state index in [0.717, 1.165) is 53.2 Å². The number of thioether (sulfide) groups is 1. The fourth-order valence-electron chi connectivity index (χ4n) is 5.52. The van der Waals surface area contributed by atoms with Crippen molar-refractivity contribution in [1.82, 2.24) is 4.31 Å². The molecule has 0 aromatic heterocycles. The Labute approximate surface area is 255 Å². The minimum Gasteiger partial charge on any atom is -0.497 e. The van der Waals surface area contributed by atoms with E-state index in [9.17, 15) is 19.0 Å². The van der Waals surface area contributed by atoms with Crippen molar-refractivity contribution in [1.29, 1.82) is 0 Å². The molecule has 228 valence electrons. The summed E-state index contributed by atoms with van der Waals surface area (Å²) in [5, 5.41) is 9.25. The van der Waals surface area contributed by atoms with Crippen LogP contribution < -0.4 is 14.5 Å². The van der Waals surface area contributed by atoms with Gasteiger partial charge in [-0.25, -0.2) is 0 Å². The Balaban J connectivity index is 1.94. The lowest BCUT2D eigenvalue weighted by atomic mass is 9.92.